The van der Waals surface area contributed by atoms with Gasteiger partial charge in [0.25, 0.3) is 0 Å². The zero-order chi connectivity index (χ0) is 31.2. The number of piperidine rings is 1. The fourth-order valence-electron chi connectivity index (χ4n) is 5.02. The fraction of sp³-hybridized carbons (Fsp3) is 0.345. The number of aliphatic hydroxyl groups is 1. The third-order valence-corrected chi connectivity index (χ3v) is 8.26. The number of halogens is 3. The number of rotatable bonds is 5. The number of anilines is 2. The summed E-state index contributed by atoms with van der Waals surface area (Å²) in [6.07, 6.45) is -7.01. The number of alkyl halides is 3. The van der Waals surface area contributed by atoms with Gasteiger partial charge in [-0.2, -0.15) is 0 Å². The Hall–Kier alpha value is -4.01. The Labute approximate surface area is 246 Å². The Balaban J connectivity index is 1.50. The van der Waals surface area contributed by atoms with Gasteiger partial charge in [0.2, 0.25) is 10.0 Å². The number of carbonyl (C=O) groups excluding carboxylic acids is 1. The number of ether oxygens (including phenoxy) is 3. The first-order valence-corrected chi connectivity index (χ1v) is 14.8. The maximum absolute atomic E-state index is 13.4. The second kappa shape index (κ2) is 11.2. The maximum atomic E-state index is 13.4. The van der Waals surface area contributed by atoms with E-state index in [1.807, 2.05) is 0 Å². The SMILES string of the molecule is CC(C)(C)OC(=O)N1CC(NS(=O)(=O)c2ccc(OC(F)(F)F)cc2)C(O)C(N2c3ccccc3Oc3ccccc32)C1. The van der Waals surface area contributed by atoms with Crippen molar-refractivity contribution in [2.45, 2.75) is 55.8 Å². The van der Waals surface area contributed by atoms with Gasteiger partial charge in [-0.15, -0.1) is 13.2 Å². The zero-order valence-corrected chi connectivity index (χ0v) is 24.2. The van der Waals surface area contributed by atoms with Gasteiger partial charge >= 0.3 is 12.5 Å². The van der Waals surface area contributed by atoms with Crippen LogP contribution in [0.2, 0.25) is 0 Å². The Morgan fingerprint density at radius 2 is 1.49 bits per heavy atom. The summed E-state index contributed by atoms with van der Waals surface area (Å²) in [5.74, 6) is 0.409. The molecule has 3 unspecified atom stereocenters. The molecule has 0 aromatic heterocycles. The van der Waals surface area contributed by atoms with Crippen LogP contribution in [0.5, 0.6) is 17.2 Å². The van der Waals surface area contributed by atoms with Gasteiger partial charge in [-0.25, -0.2) is 17.9 Å². The van der Waals surface area contributed by atoms with Crippen LogP contribution >= 0.6 is 0 Å². The normalized spacial score (nSPS) is 20.5. The van der Waals surface area contributed by atoms with E-state index in [4.69, 9.17) is 9.47 Å². The molecule has 0 spiro atoms. The van der Waals surface area contributed by atoms with E-state index < -0.39 is 52.0 Å². The summed E-state index contributed by atoms with van der Waals surface area (Å²) in [6, 6.07) is 15.8. The molecule has 2 aliphatic heterocycles. The van der Waals surface area contributed by atoms with Crippen LogP contribution in [-0.4, -0.2) is 67.8 Å². The number of likely N-dealkylation sites (tertiary alicyclic amines) is 1. The molecular weight excluding hydrogens is 591 g/mol. The number of nitrogens with one attached hydrogen (secondary N) is 1. The Morgan fingerprint density at radius 1 is 0.930 bits per heavy atom. The van der Waals surface area contributed by atoms with Crippen molar-refractivity contribution >= 4 is 27.5 Å². The number of para-hydroxylation sites is 4. The highest BCUT2D eigenvalue weighted by Gasteiger charge is 2.45. The molecule has 1 amide bonds. The number of carbonyl (C=O) groups is 1. The topological polar surface area (TPSA) is 118 Å². The van der Waals surface area contributed by atoms with E-state index in [1.165, 1.54) is 4.90 Å². The molecule has 43 heavy (non-hydrogen) atoms. The molecule has 2 heterocycles. The van der Waals surface area contributed by atoms with Crippen molar-refractivity contribution in [3.05, 3.63) is 72.8 Å². The summed E-state index contributed by atoms with van der Waals surface area (Å²) in [5, 5.41) is 11.7. The highest BCUT2D eigenvalue weighted by atomic mass is 32.2. The van der Waals surface area contributed by atoms with Crippen molar-refractivity contribution in [2.75, 3.05) is 18.0 Å². The predicted octanol–water partition coefficient (Wildman–Crippen LogP) is 5.16. The summed E-state index contributed by atoms with van der Waals surface area (Å²) in [6.45, 7) is 4.82. The molecule has 0 aliphatic carbocycles. The number of aliphatic hydroxyl groups excluding tert-OH is 1. The number of nitrogens with zero attached hydrogens (tertiary/aromatic N) is 2. The lowest BCUT2D eigenvalue weighted by molar-refractivity contribution is -0.274. The van der Waals surface area contributed by atoms with Crippen LogP contribution in [0.25, 0.3) is 0 Å². The second-order valence-corrected chi connectivity index (χ2v) is 12.8. The van der Waals surface area contributed by atoms with Gasteiger partial charge in [-0.05, 0) is 69.3 Å². The molecule has 3 aromatic rings. The molecule has 0 bridgehead atoms. The molecule has 1 fully saturated rings. The van der Waals surface area contributed by atoms with Gasteiger partial charge in [0.15, 0.2) is 11.5 Å². The van der Waals surface area contributed by atoms with Crippen LogP contribution in [0.1, 0.15) is 20.8 Å². The van der Waals surface area contributed by atoms with Crippen LogP contribution in [0.15, 0.2) is 77.7 Å². The van der Waals surface area contributed by atoms with Crippen LogP contribution in [0, 0.1) is 0 Å². The third kappa shape index (κ3) is 6.81. The molecule has 1 saturated heterocycles. The Kier molecular flexibility index (Phi) is 7.96. The Bertz CT molecular complexity index is 1550. The Morgan fingerprint density at radius 3 is 2.02 bits per heavy atom. The molecule has 10 nitrogen and oxygen atoms in total. The summed E-state index contributed by atoms with van der Waals surface area (Å²) in [7, 11) is -4.38. The van der Waals surface area contributed by atoms with Gasteiger partial charge in [0.1, 0.15) is 11.4 Å². The number of hydrogen-bond acceptors (Lipinski definition) is 8. The number of fused-ring (bicyclic) bond motifs is 2. The lowest BCUT2D eigenvalue weighted by atomic mass is 9.94. The minimum absolute atomic E-state index is 0.0273. The molecule has 2 aliphatic rings. The van der Waals surface area contributed by atoms with Crippen LogP contribution in [0.3, 0.4) is 0 Å². The molecule has 14 heteroatoms. The van der Waals surface area contributed by atoms with Crippen LogP contribution in [-0.2, 0) is 14.8 Å². The zero-order valence-electron chi connectivity index (χ0n) is 23.4. The van der Waals surface area contributed by atoms with Gasteiger partial charge < -0.3 is 29.1 Å². The summed E-state index contributed by atoms with van der Waals surface area (Å²) in [4.78, 5) is 16.0. The van der Waals surface area contributed by atoms with Crippen molar-refractivity contribution in [3.63, 3.8) is 0 Å². The van der Waals surface area contributed by atoms with E-state index >= 15 is 0 Å². The van der Waals surface area contributed by atoms with Crippen molar-refractivity contribution in [1.82, 2.24) is 9.62 Å². The maximum Gasteiger partial charge on any atom is 0.573 e. The van der Waals surface area contributed by atoms with Gasteiger partial charge in [-0.1, -0.05) is 24.3 Å². The van der Waals surface area contributed by atoms with Crippen molar-refractivity contribution in [3.8, 4) is 17.2 Å². The highest BCUT2D eigenvalue weighted by Crippen LogP contribution is 2.48. The molecule has 230 valence electrons. The standard InChI is InChI=1S/C29H30F3N3O7S/c1-28(2,3)42-27(37)34-16-20(33-43(38,39)19-14-12-18(13-15-19)41-29(30,31)32)26(36)23(17-34)35-21-8-4-6-10-24(21)40-25-11-7-5-9-22(25)35/h4-15,20,23,26,33,36H,16-17H2,1-3H3. The van der Waals surface area contributed by atoms with E-state index in [9.17, 15) is 31.5 Å². The molecule has 3 atom stereocenters. The quantitative estimate of drug-likeness (QED) is 0.402. The van der Waals surface area contributed by atoms with E-state index in [1.54, 1.807) is 74.2 Å². The van der Waals surface area contributed by atoms with Crippen molar-refractivity contribution < 1.29 is 45.7 Å². The van der Waals surface area contributed by atoms with Gasteiger partial charge in [0, 0.05) is 13.1 Å². The first kappa shape index (κ1) is 30.4. The summed E-state index contributed by atoms with van der Waals surface area (Å²) >= 11 is 0. The average molecular weight is 622 g/mol. The molecular formula is C29H30F3N3O7S. The predicted molar refractivity (Wildman–Crippen MR) is 150 cm³/mol. The van der Waals surface area contributed by atoms with E-state index in [-0.39, 0.29) is 18.0 Å². The minimum atomic E-state index is -4.94. The molecule has 3 aromatic carbocycles. The van der Waals surface area contributed by atoms with Gasteiger partial charge in [-0.3, -0.25) is 0 Å². The minimum Gasteiger partial charge on any atom is -0.453 e. The molecule has 0 radical (unpaired) electrons. The van der Waals surface area contributed by atoms with Crippen LogP contribution < -0.4 is 19.1 Å². The second-order valence-electron chi connectivity index (χ2n) is 11.1. The monoisotopic (exact) mass is 621 g/mol. The van der Waals surface area contributed by atoms with E-state index in [0.29, 0.717) is 22.9 Å². The largest absolute Gasteiger partial charge is 0.573 e. The fourth-order valence-corrected chi connectivity index (χ4v) is 6.26. The smallest absolute Gasteiger partial charge is 0.453 e. The molecule has 0 saturated carbocycles. The lowest BCUT2D eigenvalue weighted by Crippen LogP contribution is -2.66. The number of benzene rings is 3. The first-order valence-electron chi connectivity index (χ1n) is 13.3. The number of sulfonamides is 1. The van der Waals surface area contributed by atoms with Crippen molar-refractivity contribution in [1.29, 1.82) is 0 Å². The highest BCUT2D eigenvalue weighted by molar-refractivity contribution is 7.89. The number of amides is 1. The first-order chi connectivity index (χ1) is 20.1. The third-order valence-electron chi connectivity index (χ3n) is 6.76. The summed E-state index contributed by atoms with van der Waals surface area (Å²) < 4.78 is 82.4. The van der Waals surface area contributed by atoms with Crippen LogP contribution in [0.4, 0.5) is 29.3 Å². The van der Waals surface area contributed by atoms with Crippen molar-refractivity contribution in [2.24, 2.45) is 0 Å². The van der Waals surface area contributed by atoms with E-state index in [2.05, 4.69) is 9.46 Å². The van der Waals surface area contributed by atoms with E-state index in [0.717, 1.165) is 24.3 Å². The molecule has 5 rings (SSSR count). The molecule has 2 N–H and O–H groups in total. The number of hydrogen-bond donors (Lipinski definition) is 2. The lowest BCUT2D eigenvalue weighted by Gasteiger charge is -2.48. The van der Waals surface area contributed by atoms with Gasteiger partial charge in [0.05, 0.1) is 34.5 Å². The summed E-state index contributed by atoms with van der Waals surface area (Å²) in [5.41, 5.74) is 0.340. The average Bonchev–Trinajstić information content (AvgIpc) is 2.91.